The van der Waals surface area contributed by atoms with Crippen LogP contribution in [0.25, 0.3) is 0 Å². The third kappa shape index (κ3) is 16.4. The normalized spacial score (nSPS) is 15.2. The number of alkyl carbamates (subject to hydrolysis) is 2. The number of nitriles is 1. The number of amides is 4. The Morgan fingerprint density at radius 2 is 1.09 bits per heavy atom. The zero-order chi connectivity index (χ0) is 39.3. The Kier molecular flexibility index (Phi) is 15.8. The topological polar surface area (TPSA) is 160 Å². The zero-order valence-corrected chi connectivity index (χ0v) is 33.8. The van der Waals surface area contributed by atoms with Gasteiger partial charge in [-0.05, 0) is 128 Å². The van der Waals surface area contributed by atoms with Crippen molar-refractivity contribution in [1.29, 1.82) is 5.26 Å². The van der Waals surface area contributed by atoms with E-state index in [1.807, 2.05) is 79.7 Å². The van der Waals surface area contributed by atoms with Crippen LogP contribution in [0.15, 0.2) is 40.9 Å². The van der Waals surface area contributed by atoms with E-state index in [4.69, 9.17) is 24.2 Å². The Hall–Kier alpha value is -4.51. The Labute approximate surface area is 321 Å². The first-order valence-corrected chi connectivity index (χ1v) is 18.7. The number of rotatable bonds is 6. The van der Waals surface area contributed by atoms with Gasteiger partial charge in [-0.25, -0.2) is 19.2 Å². The van der Waals surface area contributed by atoms with Crippen LogP contribution in [0.4, 0.5) is 19.2 Å². The van der Waals surface area contributed by atoms with Gasteiger partial charge in [-0.2, -0.15) is 5.26 Å². The molecule has 0 saturated carbocycles. The lowest BCUT2D eigenvalue weighted by Gasteiger charge is -2.32. The monoisotopic (exact) mass is 799 g/mol. The number of carbonyl (C=O) groups is 4. The Balaban J connectivity index is 0.000000286. The number of hydrogen-bond donors (Lipinski definition) is 2. The van der Waals surface area contributed by atoms with Gasteiger partial charge in [-0.3, -0.25) is 0 Å². The van der Waals surface area contributed by atoms with Crippen LogP contribution in [0.1, 0.15) is 95.0 Å². The van der Waals surface area contributed by atoms with Crippen LogP contribution in [0, 0.1) is 25.2 Å². The number of halogens is 1. The summed E-state index contributed by atoms with van der Waals surface area (Å²) in [5.74, 6) is 0. The van der Waals surface area contributed by atoms with Gasteiger partial charge in [0.25, 0.3) is 0 Å². The third-order valence-corrected chi connectivity index (χ3v) is 8.50. The summed E-state index contributed by atoms with van der Waals surface area (Å²) in [6, 6.07) is 13.4. The highest BCUT2D eigenvalue weighted by atomic mass is 79.9. The molecule has 0 aromatic heterocycles. The fourth-order valence-corrected chi connectivity index (χ4v) is 6.39. The Bertz CT molecular complexity index is 1590. The van der Waals surface area contributed by atoms with Crippen LogP contribution in [0.5, 0.6) is 0 Å². The highest BCUT2D eigenvalue weighted by molar-refractivity contribution is 9.10. The lowest BCUT2D eigenvalue weighted by molar-refractivity contribution is 0.0456. The fourth-order valence-electron chi connectivity index (χ4n) is 5.74. The van der Waals surface area contributed by atoms with Crippen molar-refractivity contribution in [2.24, 2.45) is 0 Å². The number of likely N-dealkylation sites (tertiary alicyclic amines) is 2. The van der Waals surface area contributed by atoms with Crippen molar-refractivity contribution in [3.63, 3.8) is 0 Å². The average molecular weight is 801 g/mol. The molecule has 2 fully saturated rings. The predicted molar refractivity (Wildman–Crippen MR) is 203 cm³/mol. The van der Waals surface area contributed by atoms with Crippen molar-refractivity contribution in [2.45, 2.75) is 118 Å². The molecule has 13 nitrogen and oxygen atoms in total. The van der Waals surface area contributed by atoms with E-state index in [1.165, 1.54) is 0 Å². The molecule has 2 saturated heterocycles. The van der Waals surface area contributed by atoms with Gasteiger partial charge in [-0.1, -0.05) is 28.1 Å². The van der Waals surface area contributed by atoms with Crippen molar-refractivity contribution in [3.8, 4) is 6.07 Å². The standard InChI is InChI=1S/C20H27N3O4.C19H27BrN2O4/c1-14-9-15(12-21)11-16(10-14)13-26-19(25)23-7-5-17(6-8-23)22-18(24)27-20(2,3)4;1-13-9-14(11-15(20)10-13)12-25-18(24)22-7-5-16(6-8-22)21-17(23)26-19(2,3)4/h9-11,17H,5-8,13H2,1-4H3,(H,22,24);9-11,16H,5-8,12H2,1-4H3,(H,21,23). The average Bonchev–Trinajstić information content (AvgIpc) is 3.04. The smallest absolute Gasteiger partial charge is 0.410 e. The van der Waals surface area contributed by atoms with E-state index in [1.54, 1.807) is 21.9 Å². The van der Waals surface area contributed by atoms with Crippen LogP contribution < -0.4 is 10.6 Å². The molecule has 2 aliphatic heterocycles. The Morgan fingerprint density at radius 3 is 1.47 bits per heavy atom. The van der Waals surface area contributed by atoms with Gasteiger partial charge >= 0.3 is 24.4 Å². The van der Waals surface area contributed by atoms with E-state index in [-0.39, 0.29) is 37.5 Å². The summed E-state index contributed by atoms with van der Waals surface area (Å²) in [6.45, 7) is 17.3. The molecular weight excluding hydrogens is 746 g/mol. The summed E-state index contributed by atoms with van der Waals surface area (Å²) < 4.78 is 22.3. The number of aryl methyl sites for hydroxylation is 2. The van der Waals surface area contributed by atoms with Crippen molar-refractivity contribution in [3.05, 3.63) is 68.7 Å². The molecule has 2 aromatic rings. The second kappa shape index (κ2) is 19.5. The minimum Gasteiger partial charge on any atom is -0.445 e. The molecule has 0 aliphatic carbocycles. The van der Waals surface area contributed by atoms with Gasteiger partial charge < -0.3 is 39.4 Å². The highest BCUT2D eigenvalue weighted by Crippen LogP contribution is 2.19. The molecule has 4 amide bonds. The number of nitrogens with zero attached hydrogens (tertiary/aromatic N) is 3. The molecule has 4 rings (SSSR count). The molecule has 0 unspecified atom stereocenters. The quantitative estimate of drug-likeness (QED) is 0.277. The number of carbonyl (C=O) groups excluding carboxylic acids is 4. The maximum Gasteiger partial charge on any atom is 0.410 e. The van der Waals surface area contributed by atoms with Gasteiger partial charge in [0, 0.05) is 42.7 Å². The van der Waals surface area contributed by atoms with Crippen LogP contribution in [-0.2, 0) is 32.2 Å². The summed E-state index contributed by atoms with van der Waals surface area (Å²) in [7, 11) is 0. The fraction of sp³-hybridized carbons (Fsp3) is 0.564. The molecule has 14 heteroatoms. The van der Waals surface area contributed by atoms with Crippen molar-refractivity contribution < 1.29 is 38.1 Å². The molecule has 2 aromatic carbocycles. The molecule has 0 spiro atoms. The lowest BCUT2D eigenvalue weighted by atomic mass is 10.1. The minimum absolute atomic E-state index is 0.0149. The predicted octanol–water partition coefficient (Wildman–Crippen LogP) is 7.88. The number of piperidine rings is 2. The zero-order valence-electron chi connectivity index (χ0n) is 32.2. The summed E-state index contributed by atoms with van der Waals surface area (Å²) in [5, 5.41) is 14.7. The van der Waals surface area contributed by atoms with Crippen molar-refractivity contribution in [2.75, 3.05) is 26.2 Å². The largest absolute Gasteiger partial charge is 0.445 e. The van der Waals surface area contributed by atoms with Crippen LogP contribution in [-0.4, -0.2) is 83.6 Å². The summed E-state index contributed by atoms with van der Waals surface area (Å²) in [4.78, 5) is 51.4. The van der Waals surface area contributed by atoms with Crippen molar-refractivity contribution in [1.82, 2.24) is 20.4 Å². The van der Waals surface area contributed by atoms with Crippen LogP contribution in [0.2, 0.25) is 0 Å². The van der Waals surface area contributed by atoms with Crippen LogP contribution in [0.3, 0.4) is 0 Å². The number of nitrogens with one attached hydrogen (secondary N) is 2. The molecule has 2 heterocycles. The first kappa shape index (κ1) is 42.9. The first-order valence-electron chi connectivity index (χ1n) is 17.9. The second-order valence-corrected chi connectivity index (χ2v) is 16.3. The number of hydrogen-bond acceptors (Lipinski definition) is 9. The van der Waals surface area contributed by atoms with E-state index in [0.29, 0.717) is 57.4 Å². The van der Waals surface area contributed by atoms with E-state index >= 15 is 0 Å². The SMILES string of the molecule is Cc1cc(Br)cc(COC(=O)N2CCC(NC(=O)OC(C)(C)C)CC2)c1.Cc1cc(C#N)cc(COC(=O)N2CCC(NC(=O)OC(C)(C)C)CC2)c1. The highest BCUT2D eigenvalue weighted by Gasteiger charge is 2.28. The van der Waals surface area contributed by atoms with Gasteiger partial charge in [0.05, 0.1) is 11.6 Å². The molecule has 53 heavy (non-hydrogen) atoms. The van der Waals surface area contributed by atoms with E-state index in [9.17, 15) is 19.2 Å². The minimum atomic E-state index is -0.532. The maximum absolute atomic E-state index is 12.3. The molecule has 0 atom stereocenters. The summed E-state index contributed by atoms with van der Waals surface area (Å²) in [5.41, 5.74) is 3.31. The molecule has 2 aliphatic rings. The van der Waals surface area contributed by atoms with Gasteiger partial charge in [0.2, 0.25) is 0 Å². The van der Waals surface area contributed by atoms with E-state index < -0.39 is 23.4 Å². The number of benzene rings is 2. The first-order chi connectivity index (χ1) is 24.8. The van der Waals surface area contributed by atoms with Gasteiger partial charge in [0.15, 0.2) is 0 Å². The third-order valence-electron chi connectivity index (χ3n) is 8.04. The maximum atomic E-state index is 12.3. The second-order valence-electron chi connectivity index (χ2n) is 15.4. The summed E-state index contributed by atoms with van der Waals surface area (Å²) in [6.07, 6.45) is 1.12. The molecule has 0 bridgehead atoms. The van der Waals surface area contributed by atoms with E-state index in [0.717, 1.165) is 26.7 Å². The van der Waals surface area contributed by atoms with Crippen LogP contribution >= 0.6 is 15.9 Å². The van der Waals surface area contributed by atoms with Gasteiger partial charge in [0.1, 0.15) is 24.4 Å². The number of ether oxygens (including phenoxy) is 4. The molecule has 2 N–H and O–H groups in total. The molecule has 0 radical (unpaired) electrons. The molecular formula is C39H54BrN5O8. The lowest BCUT2D eigenvalue weighted by Crippen LogP contribution is -2.47. The van der Waals surface area contributed by atoms with Gasteiger partial charge in [-0.15, -0.1) is 0 Å². The van der Waals surface area contributed by atoms with Crippen molar-refractivity contribution >= 4 is 40.3 Å². The molecule has 290 valence electrons. The Morgan fingerprint density at radius 1 is 0.698 bits per heavy atom. The van der Waals surface area contributed by atoms with E-state index in [2.05, 4.69) is 32.6 Å². The summed E-state index contributed by atoms with van der Waals surface area (Å²) >= 11 is 3.45.